The maximum atomic E-state index is 13.5. The molecule has 0 atom stereocenters. The lowest BCUT2D eigenvalue weighted by Crippen LogP contribution is -2.14. The Labute approximate surface area is 117 Å². The Bertz CT molecular complexity index is 601. The third kappa shape index (κ3) is 2.79. The van der Waals surface area contributed by atoms with Crippen molar-refractivity contribution in [3.05, 3.63) is 57.4 Å². The number of anilines is 1. The first kappa shape index (κ1) is 12.8. The van der Waals surface area contributed by atoms with Crippen LogP contribution in [0.15, 0.2) is 42.5 Å². The highest BCUT2D eigenvalue weighted by Crippen LogP contribution is 2.20. The molecule has 2 aromatic carbocycles. The Morgan fingerprint density at radius 1 is 1.22 bits per heavy atom. The predicted molar refractivity (Wildman–Crippen MR) is 75.2 cm³/mol. The summed E-state index contributed by atoms with van der Waals surface area (Å²) >= 11 is 2.08. The Morgan fingerprint density at radius 3 is 2.61 bits per heavy atom. The Morgan fingerprint density at radius 2 is 1.94 bits per heavy atom. The second-order valence-corrected chi connectivity index (χ2v) is 4.76. The minimum atomic E-state index is -0.751. The average Bonchev–Trinajstić information content (AvgIpc) is 2.32. The standard InChI is InChI=1S/C13H9FINO2/c14-10-7-8(17)5-6-9(10)13(18)16-12-4-2-1-3-11(12)15/h1-7,17H,(H,16,18). The number of rotatable bonds is 2. The first-order valence-corrected chi connectivity index (χ1v) is 6.20. The van der Waals surface area contributed by atoms with E-state index in [2.05, 4.69) is 27.9 Å². The molecule has 18 heavy (non-hydrogen) atoms. The number of carbonyl (C=O) groups is 1. The molecule has 0 aliphatic carbocycles. The number of para-hydroxylation sites is 1. The van der Waals surface area contributed by atoms with Gasteiger partial charge in [0.05, 0.1) is 11.3 Å². The largest absolute Gasteiger partial charge is 0.508 e. The maximum Gasteiger partial charge on any atom is 0.258 e. The lowest BCUT2D eigenvalue weighted by molar-refractivity contribution is 0.102. The molecule has 2 N–H and O–H groups in total. The van der Waals surface area contributed by atoms with E-state index >= 15 is 0 Å². The summed E-state index contributed by atoms with van der Waals surface area (Å²) in [4.78, 5) is 11.9. The average molecular weight is 357 g/mol. The van der Waals surface area contributed by atoms with Crippen molar-refractivity contribution >= 4 is 34.2 Å². The molecule has 0 saturated heterocycles. The number of phenols is 1. The van der Waals surface area contributed by atoms with Gasteiger partial charge in [-0.3, -0.25) is 4.79 Å². The monoisotopic (exact) mass is 357 g/mol. The summed E-state index contributed by atoms with van der Waals surface area (Å²) in [5.41, 5.74) is 0.517. The zero-order valence-corrected chi connectivity index (χ0v) is 11.3. The van der Waals surface area contributed by atoms with Gasteiger partial charge in [0.2, 0.25) is 0 Å². The van der Waals surface area contributed by atoms with Crippen molar-refractivity contribution in [2.75, 3.05) is 5.32 Å². The molecule has 0 aliphatic rings. The van der Waals surface area contributed by atoms with Crippen LogP contribution >= 0.6 is 22.6 Å². The number of nitrogens with one attached hydrogen (secondary N) is 1. The topological polar surface area (TPSA) is 49.3 Å². The van der Waals surface area contributed by atoms with Crippen molar-refractivity contribution in [1.82, 2.24) is 0 Å². The molecule has 1 amide bonds. The summed E-state index contributed by atoms with van der Waals surface area (Å²) in [6, 6.07) is 10.6. The highest BCUT2D eigenvalue weighted by molar-refractivity contribution is 14.1. The van der Waals surface area contributed by atoms with Gasteiger partial charge in [-0.15, -0.1) is 0 Å². The molecule has 5 heteroatoms. The normalized spacial score (nSPS) is 10.1. The van der Waals surface area contributed by atoms with E-state index in [9.17, 15) is 9.18 Å². The van der Waals surface area contributed by atoms with Gasteiger partial charge in [-0.1, -0.05) is 12.1 Å². The fourth-order valence-electron chi connectivity index (χ4n) is 1.44. The van der Waals surface area contributed by atoms with Gasteiger partial charge < -0.3 is 10.4 Å². The molecule has 0 unspecified atom stereocenters. The fourth-order valence-corrected chi connectivity index (χ4v) is 1.96. The second-order valence-electron chi connectivity index (χ2n) is 3.60. The number of benzene rings is 2. The van der Waals surface area contributed by atoms with Crippen molar-refractivity contribution in [2.45, 2.75) is 0 Å². The first-order valence-electron chi connectivity index (χ1n) is 5.12. The number of halogens is 2. The van der Waals surface area contributed by atoms with Crippen LogP contribution in [0.2, 0.25) is 0 Å². The summed E-state index contributed by atoms with van der Waals surface area (Å²) < 4.78 is 14.3. The molecule has 2 rings (SSSR count). The zero-order chi connectivity index (χ0) is 13.1. The molecule has 3 nitrogen and oxygen atoms in total. The molecule has 0 bridgehead atoms. The van der Waals surface area contributed by atoms with Crippen LogP contribution in [-0.4, -0.2) is 11.0 Å². The van der Waals surface area contributed by atoms with Crippen molar-refractivity contribution in [3.63, 3.8) is 0 Å². The van der Waals surface area contributed by atoms with Gasteiger partial charge in [-0.05, 0) is 46.9 Å². The highest BCUT2D eigenvalue weighted by Gasteiger charge is 2.13. The molecule has 0 spiro atoms. The molecule has 0 aromatic heterocycles. The molecular weight excluding hydrogens is 348 g/mol. The quantitative estimate of drug-likeness (QED) is 0.810. The molecule has 0 saturated carbocycles. The SMILES string of the molecule is O=C(Nc1ccccc1I)c1ccc(O)cc1F. The molecule has 0 aliphatic heterocycles. The number of hydrogen-bond acceptors (Lipinski definition) is 2. The van der Waals surface area contributed by atoms with Crippen LogP contribution in [0.3, 0.4) is 0 Å². The fraction of sp³-hybridized carbons (Fsp3) is 0. The van der Waals surface area contributed by atoms with Crippen LogP contribution in [0, 0.1) is 9.39 Å². The van der Waals surface area contributed by atoms with Crippen LogP contribution in [0.1, 0.15) is 10.4 Å². The summed E-state index contributed by atoms with van der Waals surface area (Å²) in [6.07, 6.45) is 0. The van der Waals surface area contributed by atoms with E-state index in [4.69, 9.17) is 5.11 Å². The smallest absolute Gasteiger partial charge is 0.258 e. The Kier molecular flexibility index (Phi) is 3.81. The van der Waals surface area contributed by atoms with Gasteiger partial charge in [0.15, 0.2) is 0 Å². The van der Waals surface area contributed by atoms with E-state index in [1.165, 1.54) is 12.1 Å². The molecule has 0 radical (unpaired) electrons. The summed E-state index contributed by atoms with van der Waals surface area (Å²) in [6.45, 7) is 0. The number of amides is 1. The summed E-state index contributed by atoms with van der Waals surface area (Å²) in [5, 5.41) is 11.7. The van der Waals surface area contributed by atoms with E-state index in [-0.39, 0.29) is 11.3 Å². The first-order chi connectivity index (χ1) is 8.58. The van der Waals surface area contributed by atoms with Gasteiger partial charge in [0.1, 0.15) is 11.6 Å². The number of hydrogen-bond donors (Lipinski definition) is 2. The third-order valence-corrected chi connectivity index (χ3v) is 3.26. The molecule has 0 fully saturated rings. The zero-order valence-electron chi connectivity index (χ0n) is 9.15. The van der Waals surface area contributed by atoms with Crippen molar-refractivity contribution in [3.8, 4) is 5.75 Å². The number of phenolic OH excluding ortho intramolecular Hbond substituents is 1. The highest BCUT2D eigenvalue weighted by atomic mass is 127. The van der Waals surface area contributed by atoms with Crippen LogP contribution in [0.25, 0.3) is 0 Å². The van der Waals surface area contributed by atoms with Gasteiger partial charge in [0.25, 0.3) is 5.91 Å². The summed E-state index contributed by atoms with van der Waals surface area (Å²) in [7, 11) is 0. The molecule has 2 aromatic rings. The lowest BCUT2D eigenvalue weighted by atomic mass is 10.2. The van der Waals surface area contributed by atoms with Crippen molar-refractivity contribution < 1.29 is 14.3 Å². The maximum absolute atomic E-state index is 13.5. The number of aromatic hydroxyl groups is 1. The van der Waals surface area contributed by atoms with Gasteiger partial charge >= 0.3 is 0 Å². The predicted octanol–water partition coefficient (Wildman–Crippen LogP) is 3.39. The molecular formula is C13H9FINO2. The van der Waals surface area contributed by atoms with Crippen LogP contribution in [0.4, 0.5) is 10.1 Å². The van der Waals surface area contributed by atoms with Crippen LogP contribution in [0.5, 0.6) is 5.75 Å². The van der Waals surface area contributed by atoms with E-state index in [0.717, 1.165) is 9.64 Å². The number of carbonyl (C=O) groups excluding carboxylic acids is 1. The molecule has 92 valence electrons. The van der Waals surface area contributed by atoms with Gasteiger partial charge in [-0.25, -0.2) is 4.39 Å². The molecule has 0 heterocycles. The van der Waals surface area contributed by atoms with E-state index in [1.54, 1.807) is 12.1 Å². The second kappa shape index (κ2) is 5.34. The van der Waals surface area contributed by atoms with Crippen LogP contribution < -0.4 is 5.32 Å². The van der Waals surface area contributed by atoms with E-state index in [1.807, 2.05) is 12.1 Å². The van der Waals surface area contributed by atoms with E-state index < -0.39 is 11.7 Å². The van der Waals surface area contributed by atoms with Crippen LogP contribution in [-0.2, 0) is 0 Å². The van der Waals surface area contributed by atoms with Gasteiger partial charge in [-0.2, -0.15) is 0 Å². The summed E-state index contributed by atoms with van der Waals surface area (Å²) in [5.74, 6) is -1.51. The van der Waals surface area contributed by atoms with Gasteiger partial charge in [0, 0.05) is 9.64 Å². The Balaban J connectivity index is 2.25. The third-order valence-electron chi connectivity index (χ3n) is 2.32. The minimum Gasteiger partial charge on any atom is -0.508 e. The minimum absolute atomic E-state index is 0.104. The van der Waals surface area contributed by atoms with E-state index in [0.29, 0.717) is 5.69 Å². The lowest BCUT2D eigenvalue weighted by Gasteiger charge is -2.08. The van der Waals surface area contributed by atoms with Crippen molar-refractivity contribution in [1.29, 1.82) is 0 Å². The Hall–Kier alpha value is -1.63. The van der Waals surface area contributed by atoms with Crippen molar-refractivity contribution in [2.24, 2.45) is 0 Å².